The summed E-state index contributed by atoms with van der Waals surface area (Å²) in [6, 6.07) is 9.85. The van der Waals surface area contributed by atoms with Crippen LogP contribution in [0.5, 0.6) is 5.75 Å². The summed E-state index contributed by atoms with van der Waals surface area (Å²) in [4.78, 5) is 23.3. The highest BCUT2D eigenvalue weighted by Crippen LogP contribution is 2.22. The molecule has 0 heterocycles. The van der Waals surface area contributed by atoms with E-state index in [9.17, 15) is 14.0 Å². The second-order valence-electron chi connectivity index (χ2n) is 5.02. The van der Waals surface area contributed by atoms with Gasteiger partial charge in [-0.1, -0.05) is 23.7 Å². The number of esters is 1. The molecule has 0 bridgehead atoms. The zero-order valence-corrected chi connectivity index (χ0v) is 13.5. The Hall–Kier alpha value is -2.60. The maximum absolute atomic E-state index is 12.9. The minimum absolute atomic E-state index is 0.277. The maximum Gasteiger partial charge on any atom is 0.345 e. The molecule has 0 radical (unpaired) electrons. The van der Waals surface area contributed by atoms with Gasteiger partial charge in [-0.15, -0.1) is 0 Å². The number of primary amides is 1. The molecule has 0 saturated carbocycles. The molecule has 0 aliphatic carbocycles. The molecule has 1 amide bonds. The monoisotopic (exact) mass is 351 g/mol. The van der Waals surface area contributed by atoms with E-state index in [0.717, 1.165) is 17.7 Å². The first-order valence-electron chi connectivity index (χ1n) is 7.00. The van der Waals surface area contributed by atoms with Gasteiger partial charge in [0.1, 0.15) is 11.6 Å². The number of nitrogens with two attached hydrogens (primary N) is 1. The molecule has 24 heavy (non-hydrogen) atoms. The Morgan fingerprint density at radius 2 is 1.88 bits per heavy atom. The fourth-order valence-electron chi connectivity index (χ4n) is 1.94. The Morgan fingerprint density at radius 3 is 2.46 bits per heavy atom. The van der Waals surface area contributed by atoms with Crippen molar-refractivity contribution in [3.63, 3.8) is 0 Å². The quantitative estimate of drug-likeness (QED) is 0.811. The normalized spacial score (nSPS) is 11.6. The average Bonchev–Trinajstić information content (AvgIpc) is 2.54. The summed E-state index contributed by atoms with van der Waals surface area (Å²) in [6.07, 6.45) is -1.31. The predicted molar refractivity (Wildman–Crippen MR) is 86.1 cm³/mol. The number of rotatable bonds is 6. The molecule has 0 aromatic heterocycles. The lowest BCUT2D eigenvalue weighted by atomic mass is 10.1. The fourth-order valence-corrected chi connectivity index (χ4v) is 2.06. The van der Waals surface area contributed by atoms with E-state index >= 15 is 0 Å². The second-order valence-corrected chi connectivity index (χ2v) is 5.43. The molecule has 126 valence electrons. The molecular formula is C17H15ClFNO4. The maximum atomic E-state index is 12.9. The minimum atomic E-state index is -1.31. The second kappa shape index (κ2) is 7.79. The van der Waals surface area contributed by atoms with Gasteiger partial charge in [0.25, 0.3) is 5.91 Å². The van der Waals surface area contributed by atoms with Crippen LogP contribution in [-0.2, 0) is 14.3 Å². The smallest absolute Gasteiger partial charge is 0.345 e. The largest absolute Gasteiger partial charge is 0.482 e. The van der Waals surface area contributed by atoms with Gasteiger partial charge in [-0.2, -0.15) is 0 Å². The Balaban J connectivity index is 1.99. The predicted octanol–water partition coefficient (Wildman–Crippen LogP) is 2.94. The zero-order chi connectivity index (χ0) is 17.7. The lowest BCUT2D eigenvalue weighted by Gasteiger charge is -2.15. The number of carbonyl (C=O) groups excluding carboxylic acids is 2. The molecule has 2 aromatic rings. The van der Waals surface area contributed by atoms with Crippen LogP contribution in [0.25, 0.3) is 0 Å². The van der Waals surface area contributed by atoms with Crippen LogP contribution in [0.4, 0.5) is 4.39 Å². The number of halogens is 2. The average molecular weight is 352 g/mol. The highest BCUT2D eigenvalue weighted by Gasteiger charge is 2.23. The molecule has 0 aliphatic heterocycles. The van der Waals surface area contributed by atoms with E-state index in [4.69, 9.17) is 26.8 Å². The first kappa shape index (κ1) is 17.7. The third-order valence-electron chi connectivity index (χ3n) is 3.17. The van der Waals surface area contributed by atoms with Gasteiger partial charge < -0.3 is 15.2 Å². The van der Waals surface area contributed by atoms with Crippen LogP contribution >= 0.6 is 11.6 Å². The number of carbonyl (C=O) groups is 2. The third kappa shape index (κ3) is 4.70. The van der Waals surface area contributed by atoms with E-state index in [1.54, 1.807) is 25.1 Å². The summed E-state index contributed by atoms with van der Waals surface area (Å²) in [7, 11) is 0. The van der Waals surface area contributed by atoms with Gasteiger partial charge in [0.05, 0.1) is 0 Å². The Labute approximate surface area is 143 Å². The topological polar surface area (TPSA) is 78.6 Å². The van der Waals surface area contributed by atoms with Crippen molar-refractivity contribution in [3.8, 4) is 5.75 Å². The Bertz CT molecular complexity index is 749. The molecule has 2 aromatic carbocycles. The number of benzene rings is 2. The summed E-state index contributed by atoms with van der Waals surface area (Å²) in [6.45, 7) is 1.39. The summed E-state index contributed by atoms with van der Waals surface area (Å²) in [5, 5.41) is 0.579. The summed E-state index contributed by atoms with van der Waals surface area (Å²) in [5.41, 5.74) is 6.31. The zero-order valence-electron chi connectivity index (χ0n) is 12.8. The van der Waals surface area contributed by atoms with E-state index in [1.165, 1.54) is 12.1 Å². The van der Waals surface area contributed by atoms with Gasteiger partial charge in [0, 0.05) is 10.6 Å². The van der Waals surface area contributed by atoms with Crippen LogP contribution in [0.2, 0.25) is 5.02 Å². The molecule has 1 unspecified atom stereocenters. The molecule has 0 fully saturated rings. The summed E-state index contributed by atoms with van der Waals surface area (Å²) >= 11 is 5.90. The number of amides is 1. The van der Waals surface area contributed by atoms with Gasteiger partial charge in [0.15, 0.2) is 6.61 Å². The van der Waals surface area contributed by atoms with Crippen LogP contribution in [0.3, 0.4) is 0 Å². The van der Waals surface area contributed by atoms with Crippen molar-refractivity contribution in [1.82, 2.24) is 0 Å². The van der Waals surface area contributed by atoms with Crippen molar-refractivity contribution in [2.75, 3.05) is 6.61 Å². The standard InChI is InChI=1S/C17H15ClFNO4/c1-10-8-13(6-7-14(10)18)23-9-15(21)24-16(17(20)22)11-2-4-12(19)5-3-11/h2-8,16H,9H2,1H3,(H2,20,22). The van der Waals surface area contributed by atoms with Crippen molar-refractivity contribution in [3.05, 3.63) is 64.4 Å². The summed E-state index contributed by atoms with van der Waals surface area (Å²) < 4.78 is 23.3. The highest BCUT2D eigenvalue weighted by atomic mass is 35.5. The van der Waals surface area contributed by atoms with Crippen LogP contribution < -0.4 is 10.5 Å². The first-order valence-corrected chi connectivity index (χ1v) is 7.38. The summed E-state index contributed by atoms with van der Waals surface area (Å²) in [5.74, 6) is -1.69. The van der Waals surface area contributed by atoms with E-state index in [1.807, 2.05) is 0 Å². The van der Waals surface area contributed by atoms with Crippen LogP contribution in [0.1, 0.15) is 17.2 Å². The lowest BCUT2D eigenvalue weighted by molar-refractivity contribution is -0.157. The van der Waals surface area contributed by atoms with Crippen molar-refractivity contribution in [2.24, 2.45) is 5.73 Å². The van der Waals surface area contributed by atoms with Gasteiger partial charge >= 0.3 is 5.97 Å². The highest BCUT2D eigenvalue weighted by molar-refractivity contribution is 6.31. The molecule has 2 rings (SSSR count). The van der Waals surface area contributed by atoms with Crippen LogP contribution in [0, 0.1) is 12.7 Å². The molecule has 1 atom stereocenters. The fraction of sp³-hybridized carbons (Fsp3) is 0.176. The van der Waals surface area contributed by atoms with Gasteiger partial charge in [0.2, 0.25) is 6.10 Å². The lowest BCUT2D eigenvalue weighted by Crippen LogP contribution is -2.28. The first-order chi connectivity index (χ1) is 11.4. The molecule has 0 saturated heterocycles. The van der Waals surface area contributed by atoms with Crippen LogP contribution in [0.15, 0.2) is 42.5 Å². The minimum Gasteiger partial charge on any atom is -0.482 e. The number of aryl methyl sites for hydroxylation is 1. The van der Waals surface area contributed by atoms with E-state index in [-0.39, 0.29) is 5.56 Å². The van der Waals surface area contributed by atoms with Crippen LogP contribution in [-0.4, -0.2) is 18.5 Å². The van der Waals surface area contributed by atoms with Gasteiger partial charge in [-0.3, -0.25) is 4.79 Å². The Morgan fingerprint density at radius 1 is 1.21 bits per heavy atom. The van der Waals surface area contributed by atoms with E-state index in [2.05, 4.69) is 0 Å². The van der Waals surface area contributed by atoms with Gasteiger partial charge in [-0.05, 0) is 42.8 Å². The van der Waals surface area contributed by atoms with Crippen molar-refractivity contribution in [1.29, 1.82) is 0 Å². The van der Waals surface area contributed by atoms with Gasteiger partial charge in [-0.25, -0.2) is 9.18 Å². The van der Waals surface area contributed by atoms with E-state index < -0.39 is 30.4 Å². The third-order valence-corrected chi connectivity index (χ3v) is 3.59. The molecule has 7 heteroatoms. The number of hydrogen-bond donors (Lipinski definition) is 1. The molecule has 5 nitrogen and oxygen atoms in total. The number of hydrogen-bond acceptors (Lipinski definition) is 4. The molecular weight excluding hydrogens is 337 g/mol. The van der Waals surface area contributed by atoms with E-state index in [0.29, 0.717) is 10.8 Å². The number of ether oxygens (including phenoxy) is 2. The molecule has 0 spiro atoms. The Kier molecular flexibility index (Phi) is 5.76. The molecule has 2 N–H and O–H groups in total. The van der Waals surface area contributed by atoms with Crippen molar-refractivity contribution < 1.29 is 23.5 Å². The van der Waals surface area contributed by atoms with Crippen molar-refractivity contribution in [2.45, 2.75) is 13.0 Å². The SMILES string of the molecule is Cc1cc(OCC(=O)OC(C(N)=O)c2ccc(F)cc2)ccc1Cl. The molecule has 0 aliphatic rings. The van der Waals surface area contributed by atoms with Crippen molar-refractivity contribution >= 4 is 23.5 Å².